The molecule has 7 heteroatoms. The van der Waals surface area contributed by atoms with Gasteiger partial charge in [0.1, 0.15) is 11.9 Å². The molecule has 3 aromatic carbocycles. The number of hydrogen-bond donors (Lipinski definition) is 2. The number of thiol groups is 1. The number of nitrogens with zero attached hydrogens (tertiary/aromatic N) is 1. The first-order chi connectivity index (χ1) is 17.6. The minimum absolute atomic E-state index is 0.124. The van der Waals surface area contributed by atoms with E-state index < -0.39 is 6.10 Å². The summed E-state index contributed by atoms with van der Waals surface area (Å²) in [5.74, 6) is 0.564. The van der Waals surface area contributed by atoms with Crippen LogP contribution in [0.15, 0.2) is 77.7 Å². The summed E-state index contributed by atoms with van der Waals surface area (Å²) in [6.07, 6.45) is -0.796. The molecule has 1 N–H and O–H groups in total. The van der Waals surface area contributed by atoms with Crippen molar-refractivity contribution < 1.29 is 19.1 Å². The topological polar surface area (TPSA) is 67.9 Å². The average Bonchev–Trinajstić information content (AvgIpc) is 2.85. The molecule has 3 aromatic rings. The highest BCUT2D eigenvalue weighted by molar-refractivity contribution is 7.80. The van der Waals surface area contributed by atoms with Crippen LogP contribution in [0.5, 0.6) is 5.75 Å². The first kappa shape index (κ1) is 28.1. The zero-order valence-corrected chi connectivity index (χ0v) is 23.0. The smallest absolute Gasteiger partial charge is 0.410 e. The van der Waals surface area contributed by atoms with Crippen LogP contribution < -0.4 is 10.1 Å². The van der Waals surface area contributed by atoms with Gasteiger partial charge in [0.2, 0.25) is 0 Å². The monoisotopic (exact) mass is 520 g/mol. The first-order valence-corrected chi connectivity index (χ1v) is 12.9. The Balaban J connectivity index is 1.67. The van der Waals surface area contributed by atoms with Crippen LogP contribution in [-0.2, 0) is 11.3 Å². The zero-order chi connectivity index (χ0) is 27.0. The molecule has 3 rings (SSSR count). The highest BCUT2D eigenvalue weighted by atomic mass is 32.1. The predicted octanol–water partition coefficient (Wildman–Crippen LogP) is 7.37. The van der Waals surface area contributed by atoms with Gasteiger partial charge in [-0.15, -0.1) is 12.6 Å². The molecule has 37 heavy (non-hydrogen) atoms. The van der Waals surface area contributed by atoms with E-state index in [1.54, 1.807) is 23.1 Å². The third kappa shape index (κ3) is 8.57. The summed E-state index contributed by atoms with van der Waals surface area (Å²) in [6.45, 7) is 11.5. The van der Waals surface area contributed by atoms with Gasteiger partial charge in [-0.2, -0.15) is 0 Å². The van der Waals surface area contributed by atoms with Crippen molar-refractivity contribution >= 4 is 30.3 Å². The van der Waals surface area contributed by atoms with Gasteiger partial charge in [0.25, 0.3) is 5.91 Å². The first-order valence-electron chi connectivity index (χ1n) is 12.4. The number of carbonyl (C=O) groups is 2. The van der Waals surface area contributed by atoms with E-state index in [4.69, 9.17) is 9.47 Å². The Hall–Kier alpha value is -3.45. The van der Waals surface area contributed by atoms with Gasteiger partial charge < -0.3 is 19.7 Å². The normalized spacial score (nSPS) is 11.9. The van der Waals surface area contributed by atoms with E-state index in [1.807, 2.05) is 68.4 Å². The molecule has 6 nitrogen and oxygen atoms in total. The van der Waals surface area contributed by atoms with Crippen LogP contribution in [0.25, 0.3) is 0 Å². The number of amides is 2. The molecule has 0 radical (unpaired) electrons. The number of anilines is 1. The number of nitrogens with one attached hydrogen (secondary N) is 1. The predicted molar refractivity (Wildman–Crippen MR) is 150 cm³/mol. The van der Waals surface area contributed by atoms with Crippen LogP contribution in [0, 0.1) is 5.41 Å². The Kier molecular flexibility index (Phi) is 9.64. The maximum absolute atomic E-state index is 13.2. The van der Waals surface area contributed by atoms with Crippen LogP contribution in [0.2, 0.25) is 0 Å². The summed E-state index contributed by atoms with van der Waals surface area (Å²) >= 11 is 4.38. The van der Waals surface area contributed by atoms with Crippen LogP contribution in [0.4, 0.5) is 10.5 Å². The molecule has 0 spiro atoms. The van der Waals surface area contributed by atoms with Gasteiger partial charge in [0.05, 0.1) is 12.3 Å². The number of ether oxygens (including phenoxy) is 2. The van der Waals surface area contributed by atoms with Crippen molar-refractivity contribution in [1.82, 2.24) is 4.90 Å². The van der Waals surface area contributed by atoms with Crippen molar-refractivity contribution in [3.8, 4) is 5.75 Å². The van der Waals surface area contributed by atoms with Gasteiger partial charge in [-0.3, -0.25) is 4.79 Å². The minimum Gasteiger partial charge on any atom is -0.494 e. The Bertz CT molecular complexity index is 1190. The SMILES string of the molecule is CCOc1ccc([C@H](C)OC(=O)N(Cc2ccc(C(=O)Nc3ccccc3S)cc2)CC(C)(C)C)cc1. The Labute approximate surface area is 225 Å². The quantitative estimate of drug-likeness (QED) is 0.289. The van der Waals surface area contributed by atoms with Gasteiger partial charge in [-0.1, -0.05) is 57.2 Å². The summed E-state index contributed by atoms with van der Waals surface area (Å²) in [5, 5.41) is 2.88. The van der Waals surface area contributed by atoms with Crippen molar-refractivity contribution in [2.24, 2.45) is 5.41 Å². The lowest BCUT2D eigenvalue weighted by atomic mass is 9.96. The Morgan fingerprint density at radius 3 is 2.22 bits per heavy atom. The number of rotatable bonds is 9. The van der Waals surface area contributed by atoms with Gasteiger partial charge in [-0.05, 0) is 66.8 Å². The summed E-state index contributed by atoms with van der Waals surface area (Å²) in [5.41, 5.74) is 2.85. The molecule has 0 aliphatic rings. The summed E-state index contributed by atoms with van der Waals surface area (Å²) in [7, 11) is 0. The van der Waals surface area contributed by atoms with E-state index in [-0.39, 0.29) is 17.4 Å². The highest BCUT2D eigenvalue weighted by Gasteiger charge is 2.24. The largest absolute Gasteiger partial charge is 0.494 e. The molecular formula is C30H36N2O4S. The van der Waals surface area contributed by atoms with Gasteiger partial charge in [0.15, 0.2) is 0 Å². The van der Waals surface area contributed by atoms with Crippen LogP contribution >= 0.6 is 12.6 Å². The van der Waals surface area contributed by atoms with Crippen molar-refractivity contribution in [1.29, 1.82) is 0 Å². The second-order valence-corrected chi connectivity index (χ2v) is 10.6. The molecule has 0 fully saturated rings. The highest BCUT2D eigenvalue weighted by Crippen LogP contribution is 2.24. The number of carbonyl (C=O) groups excluding carboxylic acids is 2. The third-order valence-electron chi connectivity index (χ3n) is 5.60. The van der Waals surface area contributed by atoms with Gasteiger partial charge in [-0.25, -0.2) is 4.79 Å². The third-order valence-corrected chi connectivity index (χ3v) is 5.99. The number of benzene rings is 3. The molecule has 0 saturated heterocycles. The molecule has 0 aliphatic carbocycles. The zero-order valence-electron chi connectivity index (χ0n) is 22.2. The molecule has 0 aromatic heterocycles. The molecule has 2 amide bonds. The number of hydrogen-bond acceptors (Lipinski definition) is 5. The number of para-hydroxylation sites is 1. The van der Waals surface area contributed by atoms with E-state index >= 15 is 0 Å². The molecule has 0 saturated carbocycles. The summed E-state index contributed by atoms with van der Waals surface area (Å²) < 4.78 is 11.3. The molecule has 196 valence electrons. The van der Waals surface area contributed by atoms with Crippen molar-refractivity contribution in [3.63, 3.8) is 0 Å². The minimum atomic E-state index is -0.411. The maximum atomic E-state index is 13.2. The lowest BCUT2D eigenvalue weighted by molar-refractivity contribution is 0.0572. The van der Waals surface area contributed by atoms with Gasteiger partial charge >= 0.3 is 6.09 Å². The fourth-order valence-electron chi connectivity index (χ4n) is 3.81. The maximum Gasteiger partial charge on any atom is 0.410 e. The molecule has 1 atom stereocenters. The van der Waals surface area contributed by atoms with E-state index in [0.29, 0.717) is 35.8 Å². The van der Waals surface area contributed by atoms with E-state index in [1.165, 1.54) is 0 Å². The van der Waals surface area contributed by atoms with Crippen LogP contribution in [0.3, 0.4) is 0 Å². The molecule has 0 aliphatic heterocycles. The van der Waals surface area contributed by atoms with E-state index in [9.17, 15) is 9.59 Å². The Morgan fingerprint density at radius 1 is 0.973 bits per heavy atom. The second-order valence-electron chi connectivity index (χ2n) is 10.1. The fourth-order valence-corrected chi connectivity index (χ4v) is 4.03. The molecule has 0 unspecified atom stereocenters. The van der Waals surface area contributed by atoms with E-state index in [0.717, 1.165) is 16.9 Å². The summed E-state index contributed by atoms with van der Waals surface area (Å²) in [4.78, 5) is 28.3. The van der Waals surface area contributed by atoms with Crippen LogP contribution in [0.1, 0.15) is 62.2 Å². The van der Waals surface area contributed by atoms with Gasteiger partial charge in [0, 0.05) is 23.5 Å². The van der Waals surface area contributed by atoms with E-state index in [2.05, 4.69) is 38.7 Å². The fraction of sp³-hybridized carbons (Fsp3) is 0.333. The molecule has 0 bridgehead atoms. The van der Waals surface area contributed by atoms with Crippen molar-refractivity contribution in [2.45, 2.75) is 52.2 Å². The lowest BCUT2D eigenvalue weighted by Crippen LogP contribution is -2.38. The van der Waals surface area contributed by atoms with Crippen molar-refractivity contribution in [2.75, 3.05) is 18.5 Å². The lowest BCUT2D eigenvalue weighted by Gasteiger charge is -2.30. The molecular weight excluding hydrogens is 484 g/mol. The second kappa shape index (κ2) is 12.7. The average molecular weight is 521 g/mol. The standard InChI is InChI=1S/C30H36N2O4S/c1-6-35-25-17-15-23(16-18-25)21(2)36-29(34)32(20-30(3,4)5)19-22-11-13-24(14-12-22)28(33)31-26-9-7-8-10-27(26)37/h7-18,21,37H,6,19-20H2,1-5H3,(H,31,33)/t21-/m0/s1. The Morgan fingerprint density at radius 2 is 1.62 bits per heavy atom. The van der Waals surface area contributed by atoms with Crippen LogP contribution in [-0.4, -0.2) is 30.1 Å². The molecule has 0 heterocycles. The van der Waals surface area contributed by atoms with Crippen molar-refractivity contribution in [3.05, 3.63) is 89.5 Å². The summed E-state index contributed by atoms with van der Waals surface area (Å²) in [6, 6.07) is 22.1.